The number of nitrogens with one attached hydrogen (secondary N) is 2. The standard InChI is InChI=1S/C22H26N6O/c1-23-20-13-15(26-21(27-20)19-9-3-4-11-25-19)14-28(2)22(29)17-7-5-10-18-16(17)8-6-12-24-18/h5-8,10,12-13,19,25H,3-4,9,11,14H2,1-2H3,(H,23,26,27)/t19-/m1/s1. The molecule has 29 heavy (non-hydrogen) atoms. The van der Waals surface area contributed by atoms with E-state index in [9.17, 15) is 4.79 Å². The summed E-state index contributed by atoms with van der Waals surface area (Å²) < 4.78 is 0. The summed E-state index contributed by atoms with van der Waals surface area (Å²) in [5, 5.41) is 7.47. The quantitative estimate of drug-likeness (QED) is 0.696. The maximum Gasteiger partial charge on any atom is 0.254 e. The lowest BCUT2D eigenvalue weighted by atomic mass is 10.0. The Morgan fingerprint density at radius 2 is 2.14 bits per heavy atom. The average molecular weight is 390 g/mol. The van der Waals surface area contributed by atoms with Gasteiger partial charge in [-0.3, -0.25) is 9.78 Å². The van der Waals surface area contributed by atoms with Crippen LogP contribution in [0.2, 0.25) is 0 Å². The van der Waals surface area contributed by atoms with Crippen LogP contribution in [0.15, 0.2) is 42.6 Å². The van der Waals surface area contributed by atoms with E-state index in [1.807, 2.05) is 43.4 Å². The number of amides is 1. The predicted octanol–water partition coefficient (Wildman–Crippen LogP) is 3.15. The number of nitrogens with zero attached hydrogens (tertiary/aromatic N) is 4. The first-order valence-electron chi connectivity index (χ1n) is 10.0. The minimum absolute atomic E-state index is 0.0504. The third kappa shape index (κ3) is 4.19. The Bertz CT molecular complexity index is 1010. The summed E-state index contributed by atoms with van der Waals surface area (Å²) in [6, 6.07) is 11.5. The summed E-state index contributed by atoms with van der Waals surface area (Å²) in [4.78, 5) is 28.6. The Balaban J connectivity index is 1.58. The molecule has 1 fully saturated rings. The molecular formula is C22H26N6O. The van der Waals surface area contributed by atoms with Crippen molar-refractivity contribution in [3.05, 3.63) is 59.7 Å². The Labute approximate surface area is 170 Å². The minimum atomic E-state index is -0.0504. The lowest BCUT2D eigenvalue weighted by Gasteiger charge is -2.24. The second kappa shape index (κ2) is 8.53. The molecular weight excluding hydrogens is 364 g/mol. The summed E-state index contributed by atoms with van der Waals surface area (Å²) in [6.45, 7) is 1.40. The lowest BCUT2D eigenvalue weighted by molar-refractivity contribution is 0.0785. The molecule has 0 bridgehead atoms. The van der Waals surface area contributed by atoms with Gasteiger partial charge in [-0.15, -0.1) is 0 Å². The van der Waals surface area contributed by atoms with Crippen molar-refractivity contribution in [3.8, 4) is 0 Å². The van der Waals surface area contributed by atoms with Gasteiger partial charge < -0.3 is 15.5 Å². The van der Waals surface area contributed by atoms with Crippen molar-refractivity contribution in [2.45, 2.75) is 31.8 Å². The molecule has 0 spiro atoms. The molecule has 1 atom stereocenters. The number of hydrogen-bond donors (Lipinski definition) is 2. The van der Waals surface area contributed by atoms with Gasteiger partial charge in [0.1, 0.15) is 11.6 Å². The predicted molar refractivity (Wildman–Crippen MR) is 114 cm³/mol. The largest absolute Gasteiger partial charge is 0.373 e. The maximum absolute atomic E-state index is 13.1. The highest BCUT2D eigenvalue weighted by molar-refractivity contribution is 6.05. The summed E-state index contributed by atoms with van der Waals surface area (Å²) >= 11 is 0. The zero-order chi connectivity index (χ0) is 20.2. The maximum atomic E-state index is 13.1. The molecule has 0 unspecified atom stereocenters. The van der Waals surface area contributed by atoms with E-state index >= 15 is 0 Å². The summed E-state index contributed by atoms with van der Waals surface area (Å²) in [5.41, 5.74) is 2.29. The fraction of sp³-hybridized carbons (Fsp3) is 0.364. The molecule has 1 aromatic carbocycles. The molecule has 4 rings (SSSR count). The van der Waals surface area contributed by atoms with Gasteiger partial charge >= 0.3 is 0 Å². The van der Waals surface area contributed by atoms with Crippen LogP contribution in [-0.4, -0.2) is 46.4 Å². The first kappa shape index (κ1) is 19.3. The first-order chi connectivity index (χ1) is 14.2. The number of rotatable bonds is 5. The highest BCUT2D eigenvalue weighted by Gasteiger charge is 2.20. The van der Waals surface area contributed by atoms with Crippen LogP contribution < -0.4 is 10.6 Å². The molecule has 0 radical (unpaired) electrons. The first-order valence-corrected chi connectivity index (χ1v) is 10.0. The van der Waals surface area contributed by atoms with Crippen LogP contribution in [0.4, 0.5) is 5.82 Å². The fourth-order valence-electron chi connectivity index (χ4n) is 3.77. The number of anilines is 1. The Kier molecular flexibility index (Phi) is 5.67. The van der Waals surface area contributed by atoms with Crippen LogP contribution in [0.1, 0.15) is 47.2 Å². The molecule has 3 heterocycles. The van der Waals surface area contributed by atoms with Crippen molar-refractivity contribution in [2.75, 3.05) is 26.0 Å². The number of carbonyl (C=O) groups excluding carboxylic acids is 1. The number of aromatic nitrogens is 3. The Morgan fingerprint density at radius 1 is 1.24 bits per heavy atom. The van der Waals surface area contributed by atoms with Gasteiger partial charge in [-0.2, -0.15) is 0 Å². The van der Waals surface area contributed by atoms with Crippen molar-refractivity contribution in [1.82, 2.24) is 25.2 Å². The Hall–Kier alpha value is -3.06. The van der Waals surface area contributed by atoms with Crippen LogP contribution in [-0.2, 0) is 6.54 Å². The summed E-state index contributed by atoms with van der Waals surface area (Å²) in [7, 11) is 3.65. The second-order valence-corrected chi connectivity index (χ2v) is 7.39. The zero-order valence-electron chi connectivity index (χ0n) is 16.9. The van der Waals surface area contributed by atoms with E-state index < -0.39 is 0 Å². The number of carbonyl (C=O) groups is 1. The average Bonchev–Trinajstić information content (AvgIpc) is 2.78. The van der Waals surface area contributed by atoms with Crippen molar-refractivity contribution >= 4 is 22.6 Å². The van der Waals surface area contributed by atoms with Gasteiger partial charge in [-0.1, -0.05) is 18.6 Å². The van der Waals surface area contributed by atoms with Crippen LogP contribution in [0.5, 0.6) is 0 Å². The van der Waals surface area contributed by atoms with E-state index in [2.05, 4.69) is 20.6 Å². The normalized spacial score (nSPS) is 16.6. The van der Waals surface area contributed by atoms with Gasteiger partial charge in [0.15, 0.2) is 0 Å². The van der Waals surface area contributed by atoms with Gasteiger partial charge in [0, 0.05) is 37.3 Å². The van der Waals surface area contributed by atoms with Crippen LogP contribution in [0.25, 0.3) is 10.9 Å². The highest BCUT2D eigenvalue weighted by atomic mass is 16.2. The molecule has 0 saturated carbocycles. The summed E-state index contributed by atoms with van der Waals surface area (Å²) in [5.74, 6) is 1.51. The van der Waals surface area contributed by atoms with E-state index in [1.165, 1.54) is 12.8 Å². The molecule has 2 N–H and O–H groups in total. The highest BCUT2D eigenvalue weighted by Crippen LogP contribution is 2.23. The molecule has 0 aliphatic carbocycles. The monoisotopic (exact) mass is 390 g/mol. The molecule has 1 amide bonds. The molecule has 1 aliphatic rings. The smallest absolute Gasteiger partial charge is 0.254 e. The molecule has 150 valence electrons. The topological polar surface area (TPSA) is 83.0 Å². The zero-order valence-corrected chi connectivity index (χ0v) is 16.9. The van der Waals surface area contributed by atoms with E-state index in [0.29, 0.717) is 12.1 Å². The van der Waals surface area contributed by atoms with Crippen molar-refractivity contribution < 1.29 is 4.79 Å². The molecule has 1 aliphatic heterocycles. The minimum Gasteiger partial charge on any atom is -0.373 e. The van der Waals surface area contributed by atoms with Crippen molar-refractivity contribution in [3.63, 3.8) is 0 Å². The number of benzene rings is 1. The molecule has 2 aromatic heterocycles. The van der Waals surface area contributed by atoms with E-state index in [1.54, 1.807) is 18.1 Å². The van der Waals surface area contributed by atoms with Crippen LogP contribution in [0.3, 0.4) is 0 Å². The second-order valence-electron chi connectivity index (χ2n) is 7.39. The van der Waals surface area contributed by atoms with Gasteiger partial charge in [-0.25, -0.2) is 9.97 Å². The van der Waals surface area contributed by atoms with E-state index in [4.69, 9.17) is 4.98 Å². The van der Waals surface area contributed by atoms with Gasteiger partial charge in [0.25, 0.3) is 5.91 Å². The number of fused-ring (bicyclic) bond motifs is 1. The van der Waals surface area contributed by atoms with Crippen molar-refractivity contribution in [2.24, 2.45) is 0 Å². The van der Waals surface area contributed by atoms with Crippen LogP contribution >= 0.6 is 0 Å². The fourth-order valence-corrected chi connectivity index (χ4v) is 3.77. The van der Waals surface area contributed by atoms with E-state index in [-0.39, 0.29) is 11.9 Å². The van der Waals surface area contributed by atoms with Crippen molar-refractivity contribution in [1.29, 1.82) is 0 Å². The van der Waals surface area contributed by atoms with E-state index in [0.717, 1.165) is 41.2 Å². The van der Waals surface area contributed by atoms with Gasteiger partial charge in [0.2, 0.25) is 0 Å². The molecule has 3 aromatic rings. The van der Waals surface area contributed by atoms with Crippen LogP contribution in [0, 0.1) is 0 Å². The number of piperidine rings is 1. The number of pyridine rings is 1. The van der Waals surface area contributed by atoms with Gasteiger partial charge in [0.05, 0.1) is 23.8 Å². The van der Waals surface area contributed by atoms with Gasteiger partial charge in [-0.05, 0) is 37.6 Å². The Morgan fingerprint density at radius 3 is 2.93 bits per heavy atom. The molecule has 1 saturated heterocycles. The third-order valence-electron chi connectivity index (χ3n) is 5.30. The molecule has 7 heteroatoms. The summed E-state index contributed by atoms with van der Waals surface area (Å²) in [6.07, 6.45) is 5.13. The molecule has 7 nitrogen and oxygen atoms in total. The number of hydrogen-bond acceptors (Lipinski definition) is 6. The SMILES string of the molecule is CNc1cc(CN(C)C(=O)c2cccc3ncccc23)nc([C@H]2CCCCN2)n1. The lowest BCUT2D eigenvalue weighted by Crippen LogP contribution is -2.30. The third-order valence-corrected chi connectivity index (χ3v) is 5.30.